The molecule has 0 bridgehead atoms. The first-order valence-corrected chi connectivity index (χ1v) is 3.82. The highest BCUT2D eigenvalue weighted by atomic mass is 16.6. The summed E-state index contributed by atoms with van der Waals surface area (Å²) in [7, 11) is 0. The van der Waals surface area contributed by atoms with Crippen molar-refractivity contribution in [2.45, 2.75) is 45.6 Å². The van der Waals surface area contributed by atoms with Crippen molar-refractivity contribution in [3.8, 4) is 0 Å². The number of hydrogen-bond acceptors (Lipinski definition) is 2. The molecule has 0 rings (SSSR count). The van der Waals surface area contributed by atoms with E-state index in [0.29, 0.717) is 0 Å². The van der Waals surface area contributed by atoms with Crippen molar-refractivity contribution in [3.05, 3.63) is 10.1 Å². The van der Waals surface area contributed by atoms with Gasteiger partial charge in [-0.2, -0.15) is 0 Å². The van der Waals surface area contributed by atoms with Crippen molar-refractivity contribution in [2.24, 2.45) is 0 Å². The molecule has 3 heteroatoms. The summed E-state index contributed by atoms with van der Waals surface area (Å²) in [6, 6.07) is -0.355. The van der Waals surface area contributed by atoms with Crippen molar-refractivity contribution in [3.63, 3.8) is 0 Å². The summed E-state index contributed by atoms with van der Waals surface area (Å²) in [4.78, 5) is 9.89. The fraction of sp³-hybridized carbons (Fsp3) is 1.00. The van der Waals surface area contributed by atoms with Crippen molar-refractivity contribution in [1.82, 2.24) is 0 Å². The second-order valence-electron chi connectivity index (χ2n) is 2.63. The highest BCUT2D eigenvalue weighted by molar-refractivity contribution is 4.48. The number of nitrogens with zero attached hydrogens (tertiary/aromatic N) is 1. The van der Waals surface area contributed by atoms with E-state index >= 15 is 0 Å². The highest BCUT2D eigenvalue weighted by Crippen LogP contribution is 2.04. The molecular weight excluding hydrogens is 130 g/mol. The van der Waals surface area contributed by atoms with Crippen LogP contribution in [0.2, 0.25) is 0 Å². The molecule has 1 unspecified atom stereocenters. The lowest BCUT2D eigenvalue weighted by molar-refractivity contribution is -0.519. The van der Waals surface area contributed by atoms with Crippen LogP contribution in [0.15, 0.2) is 0 Å². The minimum absolute atomic E-state index is 0.213. The third-order valence-electron chi connectivity index (χ3n) is 1.59. The van der Waals surface area contributed by atoms with Crippen molar-refractivity contribution in [1.29, 1.82) is 0 Å². The molecule has 0 aromatic carbocycles. The molecule has 0 heterocycles. The van der Waals surface area contributed by atoms with Gasteiger partial charge in [0.25, 0.3) is 0 Å². The molecule has 0 aromatic heterocycles. The summed E-state index contributed by atoms with van der Waals surface area (Å²) in [5.41, 5.74) is 0. The van der Waals surface area contributed by atoms with Gasteiger partial charge in [-0.05, 0) is 6.42 Å². The summed E-state index contributed by atoms with van der Waals surface area (Å²) >= 11 is 0. The molecular formula is C7H15NO2. The Morgan fingerprint density at radius 2 is 2.10 bits per heavy atom. The van der Waals surface area contributed by atoms with Gasteiger partial charge in [-0.25, -0.2) is 0 Å². The number of nitro groups is 1. The maximum absolute atomic E-state index is 10.1. The molecule has 60 valence electrons. The lowest BCUT2D eigenvalue weighted by Gasteiger charge is -2.00. The van der Waals surface area contributed by atoms with E-state index in [0.717, 1.165) is 25.7 Å². The van der Waals surface area contributed by atoms with Crippen LogP contribution in [-0.2, 0) is 0 Å². The molecule has 3 nitrogen and oxygen atoms in total. The van der Waals surface area contributed by atoms with Gasteiger partial charge in [0.2, 0.25) is 6.04 Å². The van der Waals surface area contributed by atoms with E-state index in [9.17, 15) is 10.1 Å². The molecule has 0 aliphatic carbocycles. The molecule has 0 spiro atoms. The predicted octanol–water partition coefficient (Wildman–Crippen LogP) is 2.23. The maximum atomic E-state index is 10.1. The van der Waals surface area contributed by atoms with E-state index in [1.165, 1.54) is 0 Å². The summed E-state index contributed by atoms with van der Waals surface area (Å²) in [5, 5.41) is 10.1. The van der Waals surface area contributed by atoms with Gasteiger partial charge in [0.1, 0.15) is 0 Å². The molecule has 0 aromatic rings. The minimum atomic E-state index is -0.355. The van der Waals surface area contributed by atoms with Gasteiger partial charge in [-0.15, -0.1) is 0 Å². The number of unbranched alkanes of at least 4 members (excludes halogenated alkanes) is 2. The zero-order chi connectivity index (χ0) is 7.98. The van der Waals surface area contributed by atoms with Gasteiger partial charge < -0.3 is 0 Å². The van der Waals surface area contributed by atoms with Crippen molar-refractivity contribution < 1.29 is 4.92 Å². The zero-order valence-corrected chi connectivity index (χ0v) is 6.67. The van der Waals surface area contributed by atoms with Crippen LogP contribution in [0.5, 0.6) is 0 Å². The third kappa shape index (κ3) is 4.30. The van der Waals surface area contributed by atoms with Gasteiger partial charge in [0, 0.05) is 18.3 Å². The molecule has 0 saturated carbocycles. The maximum Gasteiger partial charge on any atom is 0.210 e. The summed E-state index contributed by atoms with van der Waals surface area (Å²) in [6.45, 7) is 3.76. The first-order chi connectivity index (χ1) is 4.68. The van der Waals surface area contributed by atoms with Crippen LogP contribution in [0.25, 0.3) is 0 Å². The topological polar surface area (TPSA) is 43.1 Å². The van der Waals surface area contributed by atoms with Gasteiger partial charge >= 0.3 is 0 Å². The van der Waals surface area contributed by atoms with Crippen LogP contribution in [0.1, 0.15) is 39.5 Å². The number of hydrogen-bond donors (Lipinski definition) is 0. The fourth-order valence-electron chi connectivity index (χ4n) is 0.795. The Balaban J connectivity index is 3.21. The molecule has 0 N–H and O–H groups in total. The average Bonchev–Trinajstić information content (AvgIpc) is 1.88. The Morgan fingerprint density at radius 1 is 1.50 bits per heavy atom. The van der Waals surface area contributed by atoms with E-state index in [4.69, 9.17) is 0 Å². The second-order valence-corrected chi connectivity index (χ2v) is 2.63. The lowest BCUT2D eigenvalue weighted by atomic mass is 10.1. The largest absolute Gasteiger partial charge is 0.264 e. The average molecular weight is 145 g/mol. The van der Waals surface area contributed by atoms with E-state index in [1.54, 1.807) is 6.92 Å². The van der Waals surface area contributed by atoms with Gasteiger partial charge in [-0.3, -0.25) is 10.1 Å². The standard InChI is InChI=1S/C7H15NO2/c1-3-4-5-6-7(2)8(9)10/h7H,3-6H2,1-2H3. The quantitative estimate of drug-likeness (QED) is 0.338. The Labute approximate surface area is 61.6 Å². The highest BCUT2D eigenvalue weighted by Gasteiger charge is 2.10. The van der Waals surface area contributed by atoms with Crippen LogP contribution in [0, 0.1) is 10.1 Å². The van der Waals surface area contributed by atoms with Crippen LogP contribution in [0.3, 0.4) is 0 Å². The third-order valence-corrected chi connectivity index (χ3v) is 1.59. The Kier molecular flexibility index (Phi) is 4.89. The van der Waals surface area contributed by atoms with Crippen LogP contribution in [-0.4, -0.2) is 11.0 Å². The van der Waals surface area contributed by atoms with Crippen LogP contribution in [0.4, 0.5) is 0 Å². The van der Waals surface area contributed by atoms with Gasteiger partial charge in [0.05, 0.1) is 0 Å². The SMILES string of the molecule is CCCCCC(C)[N+](=O)[O-]. The summed E-state index contributed by atoms with van der Waals surface area (Å²) in [5.74, 6) is 0. The van der Waals surface area contributed by atoms with E-state index in [2.05, 4.69) is 6.92 Å². The van der Waals surface area contributed by atoms with E-state index < -0.39 is 0 Å². The second kappa shape index (κ2) is 5.21. The molecule has 0 amide bonds. The van der Waals surface area contributed by atoms with Crippen LogP contribution >= 0.6 is 0 Å². The molecule has 0 saturated heterocycles. The first kappa shape index (κ1) is 9.40. The monoisotopic (exact) mass is 145 g/mol. The van der Waals surface area contributed by atoms with Crippen molar-refractivity contribution in [2.75, 3.05) is 0 Å². The fourth-order valence-corrected chi connectivity index (χ4v) is 0.795. The first-order valence-electron chi connectivity index (χ1n) is 3.82. The molecule has 0 fully saturated rings. The van der Waals surface area contributed by atoms with Gasteiger partial charge in [-0.1, -0.05) is 19.8 Å². The normalized spacial score (nSPS) is 13.0. The molecule has 0 aliphatic rings. The molecule has 1 atom stereocenters. The summed E-state index contributed by atoms with van der Waals surface area (Å²) in [6.07, 6.45) is 3.95. The Bertz CT molecular complexity index is 104. The Morgan fingerprint density at radius 3 is 2.50 bits per heavy atom. The summed E-state index contributed by atoms with van der Waals surface area (Å²) < 4.78 is 0. The van der Waals surface area contributed by atoms with Crippen molar-refractivity contribution >= 4 is 0 Å². The Hall–Kier alpha value is -0.600. The smallest absolute Gasteiger partial charge is 0.210 e. The molecule has 10 heavy (non-hydrogen) atoms. The van der Waals surface area contributed by atoms with Crippen LogP contribution < -0.4 is 0 Å². The van der Waals surface area contributed by atoms with E-state index in [1.807, 2.05) is 0 Å². The number of rotatable bonds is 5. The minimum Gasteiger partial charge on any atom is -0.264 e. The zero-order valence-electron chi connectivity index (χ0n) is 6.67. The molecule has 0 radical (unpaired) electrons. The lowest BCUT2D eigenvalue weighted by Crippen LogP contribution is -2.14. The van der Waals surface area contributed by atoms with Gasteiger partial charge in [0.15, 0.2) is 0 Å². The predicted molar refractivity (Wildman–Crippen MR) is 40.6 cm³/mol. The molecule has 0 aliphatic heterocycles. The van der Waals surface area contributed by atoms with E-state index in [-0.39, 0.29) is 11.0 Å².